The summed E-state index contributed by atoms with van der Waals surface area (Å²) in [5.74, 6) is 5.96. The number of ether oxygens (including phenoxy) is 5. The molecule has 0 radical (unpaired) electrons. The molecule has 3 atom stereocenters. The summed E-state index contributed by atoms with van der Waals surface area (Å²) < 4.78 is 38.1. The molecule has 706 valence electrons. The van der Waals surface area contributed by atoms with Gasteiger partial charge in [0.15, 0.2) is 22.8 Å². The second kappa shape index (κ2) is 36.8. The standard InChI is InChI=1S/C31H33N2O.C30H32N3O.C28H40N2O.C18H20N2O.C13H18N2O/c1-18-14-16-22-27-24(18)21-15-17-23(34-8)19(2)25(21)29-32(7)26(20-12-10-9-11-13-20)28(33(27)29)31(5,6)30(22,3)4;1-17-14-15-20-26-22(17)24-23(18(2)21(34-8)16-31-24)28-32(7)25(19-12-10-9-11-13-19)27(33(26)28)30(5,6)29(20,3)4;1-17(2)22-13-24(18(3)4)28(25(14-22)19(5)6)23-15-26(20(7)27(16-23)31-10)30-12-11-29(9)21(30)8;1-14-17(10-7-11-18(14)21-3)20-13-12-19(15(20)2)16-8-5-4-6-9-16;1-10-12(6-5-7-13(10)16-4)15-9-8-14(3)11(15)2/h9-17H,1-8H3;9-16H,1-8H3;11-19,21H,1-10H3;4-13,15H,1-3H3;5-9,11H,1-4H3/q2*+1;;;/t;;21-;15-;11-/m..111/s1. The van der Waals surface area contributed by atoms with E-state index >= 15 is 0 Å². The van der Waals surface area contributed by atoms with Gasteiger partial charge in [0.2, 0.25) is 0 Å². The number of fused-ring (bicyclic) bond motifs is 6. The van der Waals surface area contributed by atoms with E-state index in [1.165, 1.54) is 167 Å². The summed E-state index contributed by atoms with van der Waals surface area (Å²) in [6.07, 6.45) is 15.5. The van der Waals surface area contributed by atoms with Gasteiger partial charge < -0.3 is 53.1 Å². The van der Waals surface area contributed by atoms with Crippen molar-refractivity contribution < 1.29 is 32.8 Å². The van der Waals surface area contributed by atoms with Crippen LogP contribution < -0.4 is 52.4 Å². The van der Waals surface area contributed by atoms with Crippen LogP contribution in [0.4, 0.5) is 22.7 Å². The van der Waals surface area contributed by atoms with Crippen molar-refractivity contribution in [1.29, 1.82) is 0 Å². The topological polar surface area (TPSA) is 95.1 Å². The smallest absolute Gasteiger partial charge is 0.297 e. The first-order chi connectivity index (χ1) is 64.7. The van der Waals surface area contributed by atoms with Crippen LogP contribution in [0.25, 0.3) is 88.4 Å². The van der Waals surface area contributed by atoms with Crippen LogP contribution in [0, 0.1) is 48.5 Å². The molecule has 5 aromatic heterocycles. The molecule has 0 amide bonds. The van der Waals surface area contributed by atoms with E-state index in [9.17, 15) is 0 Å². The quantitative estimate of drug-likeness (QED) is 0.0722. The lowest BCUT2D eigenvalue weighted by atomic mass is 9.60. The number of nitrogens with zero attached hydrogens (tertiary/aromatic N) is 11. The third-order valence-corrected chi connectivity index (χ3v) is 31.6. The van der Waals surface area contributed by atoms with Crippen LogP contribution in [0.5, 0.6) is 28.7 Å². The molecule has 0 spiro atoms. The van der Waals surface area contributed by atoms with Crippen molar-refractivity contribution in [2.45, 2.75) is 224 Å². The summed E-state index contributed by atoms with van der Waals surface area (Å²) in [4.78, 5) is 18.5. The van der Waals surface area contributed by atoms with E-state index in [4.69, 9.17) is 28.7 Å². The molecular formula is C120H143N11O5+2. The highest BCUT2D eigenvalue weighted by atomic mass is 16.5. The lowest BCUT2D eigenvalue weighted by Crippen LogP contribution is -2.44. The number of hydrogen-bond donors (Lipinski definition) is 0. The monoisotopic (exact) mass is 1820 g/mol. The highest BCUT2D eigenvalue weighted by Crippen LogP contribution is 2.57. The molecular weight excluding hydrogens is 1680 g/mol. The van der Waals surface area contributed by atoms with Gasteiger partial charge in [0.1, 0.15) is 58.3 Å². The van der Waals surface area contributed by atoms with Crippen LogP contribution in [0.1, 0.15) is 214 Å². The number of para-hydroxylation sites is 1. The van der Waals surface area contributed by atoms with E-state index in [0.29, 0.717) is 23.9 Å². The Bertz CT molecular complexity index is 6950. The average Bonchev–Trinajstić information content (AvgIpc) is 1.56. The summed E-state index contributed by atoms with van der Waals surface area (Å²) >= 11 is 0. The van der Waals surface area contributed by atoms with E-state index < -0.39 is 0 Å². The molecule has 16 nitrogen and oxygen atoms in total. The highest BCUT2D eigenvalue weighted by Gasteiger charge is 2.55. The first kappa shape index (κ1) is 95.9. The second-order valence-electron chi connectivity index (χ2n) is 41.0. The van der Waals surface area contributed by atoms with Gasteiger partial charge in [0.05, 0.1) is 77.5 Å². The molecule has 20 rings (SSSR count). The Balaban J connectivity index is 0.000000126. The number of aromatic nitrogens is 5. The number of aryl methyl sites for hydroxylation is 6. The maximum Gasteiger partial charge on any atom is 0.297 e. The number of benzene rings is 10. The minimum atomic E-state index is -0.120. The largest absolute Gasteiger partial charge is 0.496 e. The van der Waals surface area contributed by atoms with Crippen molar-refractivity contribution in [3.63, 3.8) is 0 Å². The molecule has 0 aliphatic carbocycles. The Morgan fingerprint density at radius 1 is 0.353 bits per heavy atom. The van der Waals surface area contributed by atoms with Crippen LogP contribution in [0.2, 0.25) is 0 Å². The SMILES string of the molecule is COc1cc(-c2c(C(C)C)cc(C(C)C)cc2C(C)C)cc(N2C=CN(C)[C@H]2C)c1C.COc1ccc2c3c(C)ccc4c3n3c(c(-c5ccccc5)[n+](C)c3c2c1C)C(C)(C)C4(C)C.COc1cccc(N2C=CN(C)[C@H]2C)c1C.COc1cccc(N2C=CN(c3ccccc3)[C@H]2C)c1C.COc1cnc2c3c(C)ccc4c3n3c(c(-c5ccccc5)[n+](C)c3c2c1C)C(C)(C)C4(C)C. The molecule has 136 heavy (non-hydrogen) atoms. The van der Waals surface area contributed by atoms with E-state index in [-0.39, 0.29) is 34.0 Å². The fourth-order valence-corrected chi connectivity index (χ4v) is 22.0. The maximum atomic E-state index is 5.87. The van der Waals surface area contributed by atoms with Gasteiger partial charge in [-0.25, -0.2) is 9.13 Å². The molecule has 0 saturated heterocycles. The first-order valence-electron chi connectivity index (χ1n) is 48.4. The van der Waals surface area contributed by atoms with Gasteiger partial charge in [-0.1, -0.05) is 224 Å². The van der Waals surface area contributed by atoms with Crippen LogP contribution in [-0.2, 0) is 35.8 Å². The van der Waals surface area contributed by atoms with Gasteiger partial charge in [0, 0.05) is 157 Å². The fraction of sp³-hybridized carbons (Fsp3) is 0.358. The van der Waals surface area contributed by atoms with Crippen LogP contribution in [-0.4, -0.2) is 91.7 Å². The van der Waals surface area contributed by atoms with Crippen LogP contribution >= 0.6 is 0 Å². The molecule has 0 unspecified atom stereocenters. The minimum Gasteiger partial charge on any atom is -0.496 e. The van der Waals surface area contributed by atoms with Gasteiger partial charge >= 0.3 is 0 Å². The maximum absolute atomic E-state index is 5.87. The van der Waals surface area contributed by atoms with Crippen molar-refractivity contribution in [1.82, 2.24) is 23.6 Å². The zero-order chi connectivity index (χ0) is 97.9. The van der Waals surface area contributed by atoms with E-state index in [2.05, 4.69) is 437 Å². The summed E-state index contributed by atoms with van der Waals surface area (Å²) in [6, 6.07) is 67.5. The normalized spacial score (nSPS) is 16.8. The zero-order valence-electron chi connectivity index (χ0n) is 86.9. The Kier molecular flexibility index (Phi) is 25.9. The van der Waals surface area contributed by atoms with Crippen LogP contribution in [0.3, 0.4) is 0 Å². The van der Waals surface area contributed by atoms with E-state index in [1.54, 1.807) is 35.5 Å². The molecule has 10 aromatic carbocycles. The molecule has 5 aliphatic rings. The zero-order valence-corrected chi connectivity index (χ0v) is 86.9. The number of anilines is 4. The third kappa shape index (κ3) is 15.6. The van der Waals surface area contributed by atoms with Gasteiger partial charge in [-0.15, -0.1) is 0 Å². The van der Waals surface area contributed by atoms with Gasteiger partial charge in [-0.3, -0.25) is 4.98 Å². The number of methoxy groups -OCH3 is 5. The Labute approximate surface area is 808 Å². The van der Waals surface area contributed by atoms with Crippen molar-refractivity contribution in [2.24, 2.45) is 14.1 Å². The second-order valence-corrected chi connectivity index (χ2v) is 41.0. The van der Waals surface area contributed by atoms with Gasteiger partial charge in [0.25, 0.3) is 11.3 Å². The summed E-state index contributed by atoms with van der Waals surface area (Å²) in [7, 11) is 17.3. The van der Waals surface area contributed by atoms with Crippen molar-refractivity contribution in [3.05, 3.63) is 310 Å². The molecule has 0 saturated carbocycles. The minimum absolute atomic E-state index is 0.0496. The average molecular weight is 1820 g/mol. The fourth-order valence-electron chi connectivity index (χ4n) is 22.0. The number of hydrogen-bond acceptors (Lipinski definition) is 12. The molecule has 10 heterocycles. The van der Waals surface area contributed by atoms with Crippen molar-refractivity contribution in [3.8, 4) is 62.4 Å². The van der Waals surface area contributed by atoms with Crippen LogP contribution in [0.15, 0.2) is 231 Å². The molecule has 5 aliphatic heterocycles. The molecule has 15 aromatic rings. The lowest BCUT2D eigenvalue weighted by molar-refractivity contribution is -0.632. The molecule has 16 heteroatoms. The Morgan fingerprint density at radius 2 is 0.757 bits per heavy atom. The van der Waals surface area contributed by atoms with Crippen molar-refractivity contribution in [2.75, 3.05) is 69.2 Å². The molecule has 0 N–H and O–H groups in total. The summed E-state index contributed by atoms with van der Waals surface area (Å²) in [6.45, 7) is 54.8. The summed E-state index contributed by atoms with van der Waals surface area (Å²) in [5.41, 5.74) is 36.4. The lowest BCUT2D eigenvalue weighted by Gasteiger charge is -2.43. The Morgan fingerprint density at radius 3 is 1.21 bits per heavy atom. The summed E-state index contributed by atoms with van der Waals surface area (Å²) in [5, 5.41) is 6.33. The molecule has 0 fully saturated rings. The number of pyridine rings is 3. The van der Waals surface area contributed by atoms with E-state index in [0.717, 1.165) is 50.8 Å². The third-order valence-electron chi connectivity index (χ3n) is 31.6. The Hall–Kier alpha value is -13.2. The molecule has 0 bridgehead atoms. The van der Waals surface area contributed by atoms with Gasteiger partial charge in [-0.2, -0.15) is 8.80 Å². The predicted octanol–water partition coefficient (Wildman–Crippen LogP) is 27.6. The van der Waals surface area contributed by atoms with E-state index in [1.807, 2.05) is 36.5 Å². The number of imidazole rings is 2. The first-order valence-corrected chi connectivity index (χ1v) is 48.4. The highest BCUT2D eigenvalue weighted by molar-refractivity contribution is 6.16. The predicted molar refractivity (Wildman–Crippen MR) is 569 cm³/mol. The van der Waals surface area contributed by atoms with Crippen molar-refractivity contribution >= 4 is 77.5 Å². The van der Waals surface area contributed by atoms with Gasteiger partial charge in [-0.05, 0) is 187 Å². The number of rotatable bonds is 15.